The van der Waals surface area contributed by atoms with Crippen LogP contribution < -0.4 is 10.1 Å². The summed E-state index contributed by atoms with van der Waals surface area (Å²) in [5.41, 5.74) is 1.80. The van der Waals surface area contributed by atoms with Crippen LogP contribution in [0.1, 0.15) is 25.0 Å². The van der Waals surface area contributed by atoms with E-state index in [1.807, 2.05) is 26.0 Å². The molecule has 0 aliphatic heterocycles. The van der Waals surface area contributed by atoms with Gasteiger partial charge in [-0.3, -0.25) is 0 Å². The minimum atomic E-state index is -3.50. The van der Waals surface area contributed by atoms with Gasteiger partial charge in [0.25, 0.3) is 10.0 Å². The summed E-state index contributed by atoms with van der Waals surface area (Å²) in [6, 6.07) is 5.60. The zero-order valence-corrected chi connectivity index (χ0v) is 12.8. The molecular formula is C13H23N3O2S. The zero-order chi connectivity index (χ0) is 14.5. The van der Waals surface area contributed by atoms with Crippen LogP contribution in [-0.2, 0) is 23.0 Å². The standard InChI is InChI=1S/C13H23N3O2S/c1-5-12-8-7-11(10-14-6-2)9-13(12)19(17,18)15-16(3)4/h7-9,14-15H,5-6,10H2,1-4H3. The summed E-state index contributed by atoms with van der Waals surface area (Å²) >= 11 is 0. The lowest BCUT2D eigenvalue weighted by atomic mass is 10.1. The fraction of sp³-hybridized carbons (Fsp3) is 0.538. The second-order valence-corrected chi connectivity index (χ2v) is 6.19. The van der Waals surface area contributed by atoms with E-state index in [-0.39, 0.29) is 0 Å². The SMILES string of the molecule is CCNCc1ccc(CC)c(S(=O)(=O)NN(C)C)c1. The Balaban J connectivity index is 3.15. The molecule has 1 aromatic rings. The van der Waals surface area contributed by atoms with Gasteiger partial charge in [-0.1, -0.05) is 26.0 Å². The van der Waals surface area contributed by atoms with Crippen molar-refractivity contribution in [2.75, 3.05) is 20.6 Å². The van der Waals surface area contributed by atoms with Crippen LogP contribution in [-0.4, -0.2) is 34.1 Å². The number of hydrazine groups is 1. The molecule has 0 heterocycles. The monoisotopic (exact) mass is 285 g/mol. The quantitative estimate of drug-likeness (QED) is 0.737. The Morgan fingerprint density at radius 3 is 2.42 bits per heavy atom. The van der Waals surface area contributed by atoms with E-state index in [0.29, 0.717) is 17.9 Å². The van der Waals surface area contributed by atoms with Gasteiger partial charge in [-0.2, -0.15) is 0 Å². The van der Waals surface area contributed by atoms with Gasteiger partial charge in [0.05, 0.1) is 4.90 Å². The molecule has 0 bridgehead atoms. The highest BCUT2D eigenvalue weighted by atomic mass is 32.2. The number of sulfonamides is 1. The van der Waals surface area contributed by atoms with E-state index in [2.05, 4.69) is 10.1 Å². The van der Waals surface area contributed by atoms with Gasteiger partial charge in [0.2, 0.25) is 0 Å². The average Bonchev–Trinajstić information content (AvgIpc) is 2.34. The Morgan fingerprint density at radius 2 is 1.89 bits per heavy atom. The van der Waals surface area contributed by atoms with Crippen molar-refractivity contribution < 1.29 is 8.42 Å². The third-order valence-corrected chi connectivity index (χ3v) is 4.25. The van der Waals surface area contributed by atoms with E-state index in [1.54, 1.807) is 20.2 Å². The summed E-state index contributed by atoms with van der Waals surface area (Å²) in [7, 11) is -0.185. The van der Waals surface area contributed by atoms with E-state index in [0.717, 1.165) is 17.7 Å². The van der Waals surface area contributed by atoms with Gasteiger partial charge < -0.3 is 5.32 Å². The van der Waals surface area contributed by atoms with Crippen LogP contribution >= 0.6 is 0 Å². The molecule has 1 rings (SSSR count). The minimum absolute atomic E-state index is 0.360. The molecule has 0 aromatic heterocycles. The second-order valence-electron chi connectivity index (χ2n) is 4.57. The van der Waals surface area contributed by atoms with Crippen molar-refractivity contribution in [2.45, 2.75) is 31.7 Å². The molecule has 0 unspecified atom stereocenters. The van der Waals surface area contributed by atoms with Gasteiger partial charge in [-0.25, -0.2) is 13.4 Å². The lowest BCUT2D eigenvalue weighted by Crippen LogP contribution is -2.36. The Bertz CT molecular complexity index is 513. The topological polar surface area (TPSA) is 61.4 Å². The number of hydrogen-bond acceptors (Lipinski definition) is 4. The fourth-order valence-electron chi connectivity index (χ4n) is 1.81. The Morgan fingerprint density at radius 1 is 1.21 bits per heavy atom. The maximum Gasteiger partial charge on any atom is 0.253 e. The molecule has 0 radical (unpaired) electrons. The fourth-order valence-corrected chi connectivity index (χ4v) is 3.25. The first-order valence-corrected chi connectivity index (χ1v) is 7.91. The van der Waals surface area contributed by atoms with Crippen LogP contribution in [0.25, 0.3) is 0 Å². The highest BCUT2D eigenvalue weighted by Crippen LogP contribution is 2.18. The van der Waals surface area contributed by atoms with E-state index in [4.69, 9.17) is 0 Å². The van der Waals surface area contributed by atoms with Crippen LogP contribution in [0.3, 0.4) is 0 Å². The Hall–Kier alpha value is -0.950. The van der Waals surface area contributed by atoms with Gasteiger partial charge in [-0.05, 0) is 30.2 Å². The van der Waals surface area contributed by atoms with Crippen LogP contribution in [0.2, 0.25) is 0 Å². The molecule has 6 heteroatoms. The van der Waals surface area contributed by atoms with Gasteiger partial charge >= 0.3 is 0 Å². The maximum absolute atomic E-state index is 12.3. The highest BCUT2D eigenvalue weighted by molar-refractivity contribution is 7.89. The summed E-state index contributed by atoms with van der Waals surface area (Å²) in [6.07, 6.45) is 0.686. The lowest BCUT2D eigenvalue weighted by molar-refractivity contribution is 0.364. The molecule has 5 nitrogen and oxygen atoms in total. The summed E-state index contributed by atoms with van der Waals surface area (Å²) in [4.78, 5) is 2.84. The smallest absolute Gasteiger partial charge is 0.253 e. The van der Waals surface area contributed by atoms with Gasteiger partial charge in [0.1, 0.15) is 0 Å². The van der Waals surface area contributed by atoms with Crippen molar-refractivity contribution in [3.8, 4) is 0 Å². The molecule has 0 amide bonds. The molecule has 0 atom stereocenters. The molecule has 0 aliphatic rings. The van der Waals surface area contributed by atoms with E-state index in [1.165, 1.54) is 5.01 Å². The largest absolute Gasteiger partial charge is 0.313 e. The summed E-state index contributed by atoms with van der Waals surface area (Å²) in [5, 5.41) is 4.63. The average molecular weight is 285 g/mol. The van der Waals surface area contributed by atoms with Crippen molar-refractivity contribution in [2.24, 2.45) is 0 Å². The number of benzene rings is 1. The van der Waals surface area contributed by atoms with Gasteiger partial charge in [0.15, 0.2) is 0 Å². The molecule has 108 valence electrons. The van der Waals surface area contributed by atoms with Crippen molar-refractivity contribution in [3.05, 3.63) is 29.3 Å². The van der Waals surface area contributed by atoms with E-state index in [9.17, 15) is 8.42 Å². The van der Waals surface area contributed by atoms with Crippen molar-refractivity contribution in [1.29, 1.82) is 0 Å². The maximum atomic E-state index is 12.3. The summed E-state index contributed by atoms with van der Waals surface area (Å²) < 4.78 is 24.6. The van der Waals surface area contributed by atoms with Crippen LogP contribution in [0.4, 0.5) is 0 Å². The van der Waals surface area contributed by atoms with Crippen molar-refractivity contribution >= 4 is 10.0 Å². The summed E-state index contributed by atoms with van der Waals surface area (Å²) in [5.74, 6) is 0. The third kappa shape index (κ3) is 4.58. The van der Waals surface area contributed by atoms with Crippen LogP contribution in [0.15, 0.2) is 23.1 Å². The molecule has 19 heavy (non-hydrogen) atoms. The zero-order valence-electron chi connectivity index (χ0n) is 12.0. The van der Waals surface area contributed by atoms with Crippen molar-refractivity contribution in [1.82, 2.24) is 15.2 Å². The highest BCUT2D eigenvalue weighted by Gasteiger charge is 2.18. The molecule has 0 aliphatic carbocycles. The van der Waals surface area contributed by atoms with E-state index < -0.39 is 10.0 Å². The molecule has 0 saturated carbocycles. The predicted molar refractivity (Wildman–Crippen MR) is 77.2 cm³/mol. The molecule has 2 N–H and O–H groups in total. The normalized spacial score (nSPS) is 12.1. The number of rotatable bonds is 7. The lowest BCUT2D eigenvalue weighted by Gasteiger charge is -2.16. The first-order valence-electron chi connectivity index (χ1n) is 6.43. The molecular weight excluding hydrogens is 262 g/mol. The van der Waals surface area contributed by atoms with Crippen molar-refractivity contribution in [3.63, 3.8) is 0 Å². The molecule has 1 aromatic carbocycles. The minimum Gasteiger partial charge on any atom is -0.313 e. The third-order valence-electron chi connectivity index (χ3n) is 2.68. The first-order chi connectivity index (χ1) is 8.90. The second kappa shape index (κ2) is 7.00. The molecule has 0 saturated heterocycles. The Kier molecular flexibility index (Phi) is 5.93. The van der Waals surface area contributed by atoms with E-state index >= 15 is 0 Å². The van der Waals surface area contributed by atoms with Crippen LogP contribution in [0.5, 0.6) is 0 Å². The number of aryl methyl sites for hydroxylation is 1. The summed E-state index contributed by atoms with van der Waals surface area (Å²) in [6.45, 7) is 5.50. The molecule has 0 fully saturated rings. The van der Waals surface area contributed by atoms with Gasteiger partial charge in [-0.15, -0.1) is 4.83 Å². The molecule has 0 spiro atoms. The van der Waals surface area contributed by atoms with Crippen LogP contribution in [0, 0.1) is 0 Å². The number of nitrogens with zero attached hydrogens (tertiary/aromatic N) is 1. The predicted octanol–water partition coefficient (Wildman–Crippen LogP) is 1.11. The Labute approximate surface area is 116 Å². The number of hydrogen-bond donors (Lipinski definition) is 2. The first kappa shape index (κ1) is 16.1. The number of nitrogens with one attached hydrogen (secondary N) is 2. The van der Waals surface area contributed by atoms with Gasteiger partial charge in [0, 0.05) is 20.6 Å².